The number of quaternary nitrogens is 1. The van der Waals surface area contributed by atoms with E-state index in [-0.39, 0.29) is 50.1 Å². The molecule has 0 spiro atoms. The SMILES string of the molecule is CCCCCc1oc(CCCCCCCCCCCCC(=O)O[C@H](COC(=O)CCCCCC[C@H]2C(=O)C[C@@H](O)[C@@H]2/C=C/[C@@H](O)CCCCC)COP(=O)([O-])OCC[N+](C)(C)C)c(C)c1C. The number of carbonyl (C=O) groups excluding carboxylic acids is 3. The average molecular weight is 954 g/mol. The highest BCUT2D eigenvalue weighted by Crippen LogP contribution is 2.38. The van der Waals surface area contributed by atoms with Crippen LogP contribution < -0.4 is 4.89 Å². The third kappa shape index (κ3) is 27.0. The van der Waals surface area contributed by atoms with Gasteiger partial charge in [0.15, 0.2) is 6.10 Å². The summed E-state index contributed by atoms with van der Waals surface area (Å²) in [5, 5.41) is 20.8. The van der Waals surface area contributed by atoms with Crippen molar-refractivity contribution in [2.24, 2.45) is 11.8 Å². The van der Waals surface area contributed by atoms with Crippen molar-refractivity contribution in [3.8, 4) is 0 Å². The first-order chi connectivity index (χ1) is 31.5. The summed E-state index contributed by atoms with van der Waals surface area (Å²) in [6, 6.07) is 0. The summed E-state index contributed by atoms with van der Waals surface area (Å²) in [5.41, 5.74) is 2.66. The van der Waals surface area contributed by atoms with E-state index < -0.39 is 44.7 Å². The maximum Gasteiger partial charge on any atom is 0.306 e. The Kier molecular flexibility index (Phi) is 30.8. The van der Waals surface area contributed by atoms with Gasteiger partial charge in [-0.3, -0.25) is 18.9 Å². The summed E-state index contributed by atoms with van der Waals surface area (Å²) in [4.78, 5) is 50.6. The van der Waals surface area contributed by atoms with Crippen molar-refractivity contribution in [2.75, 3.05) is 47.5 Å². The summed E-state index contributed by atoms with van der Waals surface area (Å²) in [5.74, 6) is 0.808. The molecule has 1 aromatic heterocycles. The fraction of sp³-hybridized carbons (Fsp3) is 0.827. The first-order valence-corrected chi connectivity index (χ1v) is 27.3. The van der Waals surface area contributed by atoms with E-state index in [2.05, 4.69) is 27.7 Å². The zero-order valence-corrected chi connectivity index (χ0v) is 43.2. The zero-order valence-electron chi connectivity index (χ0n) is 42.3. The molecular formula is C52H92NO12P. The van der Waals surface area contributed by atoms with Gasteiger partial charge in [0.05, 0.1) is 40.0 Å². The molecule has 1 aliphatic carbocycles. The minimum Gasteiger partial charge on any atom is -0.756 e. The molecule has 1 saturated carbocycles. The number of furan rings is 1. The number of phosphoric ester groups is 1. The third-order valence-electron chi connectivity index (χ3n) is 12.9. The second kappa shape index (κ2) is 34.0. The Morgan fingerprint density at radius 2 is 1.30 bits per heavy atom. The van der Waals surface area contributed by atoms with Crippen LogP contribution in [0.4, 0.5) is 0 Å². The molecule has 66 heavy (non-hydrogen) atoms. The van der Waals surface area contributed by atoms with Crippen molar-refractivity contribution in [1.82, 2.24) is 0 Å². The van der Waals surface area contributed by atoms with Crippen LogP contribution in [0.3, 0.4) is 0 Å². The van der Waals surface area contributed by atoms with Crippen LogP contribution in [0.1, 0.15) is 197 Å². The minimum absolute atomic E-state index is 0.0471. The van der Waals surface area contributed by atoms with Gasteiger partial charge in [0.2, 0.25) is 0 Å². The van der Waals surface area contributed by atoms with Crippen LogP contribution >= 0.6 is 7.82 Å². The number of unbranched alkanes of at least 4 members (excludes halogenated alkanes) is 16. The van der Waals surface area contributed by atoms with Crippen molar-refractivity contribution in [3.05, 3.63) is 34.8 Å². The Morgan fingerprint density at radius 1 is 0.773 bits per heavy atom. The van der Waals surface area contributed by atoms with Gasteiger partial charge in [0.1, 0.15) is 37.1 Å². The smallest absolute Gasteiger partial charge is 0.306 e. The number of ether oxygens (including phenoxy) is 2. The van der Waals surface area contributed by atoms with Crippen LogP contribution in [0.5, 0.6) is 0 Å². The van der Waals surface area contributed by atoms with Crippen molar-refractivity contribution in [3.63, 3.8) is 0 Å². The number of aliphatic hydroxyl groups excluding tert-OH is 2. The van der Waals surface area contributed by atoms with Crippen molar-refractivity contribution >= 4 is 25.5 Å². The number of hydrogen-bond donors (Lipinski definition) is 2. The van der Waals surface area contributed by atoms with Crippen molar-refractivity contribution in [2.45, 2.75) is 219 Å². The van der Waals surface area contributed by atoms with Crippen molar-refractivity contribution in [1.29, 1.82) is 0 Å². The molecule has 13 nitrogen and oxygen atoms in total. The largest absolute Gasteiger partial charge is 0.756 e. The molecule has 0 aromatic carbocycles. The fourth-order valence-corrected chi connectivity index (χ4v) is 9.22. The van der Waals surface area contributed by atoms with Crippen LogP contribution in [-0.4, -0.2) is 98.2 Å². The lowest BCUT2D eigenvalue weighted by Crippen LogP contribution is -2.37. The molecule has 1 aliphatic rings. The Bertz CT molecular complexity index is 1570. The fourth-order valence-electron chi connectivity index (χ4n) is 8.49. The highest BCUT2D eigenvalue weighted by Gasteiger charge is 2.39. The molecule has 0 bridgehead atoms. The van der Waals surface area contributed by atoms with Crippen LogP contribution in [0.15, 0.2) is 16.6 Å². The van der Waals surface area contributed by atoms with Crippen LogP contribution in [0.25, 0.3) is 0 Å². The predicted octanol–water partition coefficient (Wildman–Crippen LogP) is 10.5. The number of rotatable bonds is 40. The molecule has 1 fully saturated rings. The lowest BCUT2D eigenvalue weighted by atomic mass is 9.88. The van der Waals surface area contributed by atoms with Gasteiger partial charge < -0.3 is 42.5 Å². The number of carbonyl (C=O) groups is 3. The van der Waals surface area contributed by atoms with Gasteiger partial charge in [-0.15, -0.1) is 0 Å². The molecule has 382 valence electrons. The highest BCUT2D eigenvalue weighted by atomic mass is 31.2. The lowest BCUT2D eigenvalue weighted by Gasteiger charge is -2.28. The van der Waals surface area contributed by atoms with E-state index in [0.29, 0.717) is 36.7 Å². The molecule has 2 N–H and O–H groups in total. The van der Waals surface area contributed by atoms with Gasteiger partial charge in [0.25, 0.3) is 7.82 Å². The third-order valence-corrected chi connectivity index (χ3v) is 13.8. The number of hydrogen-bond acceptors (Lipinski definition) is 12. The lowest BCUT2D eigenvalue weighted by molar-refractivity contribution is -0.870. The Balaban J connectivity index is 1.68. The number of Topliss-reactive ketones (excluding diaryl/α,β-unsaturated/α-hetero) is 1. The molecule has 1 heterocycles. The molecule has 2 rings (SSSR count). The molecule has 1 unspecified atom stereocenters. The summed E-state index contributed by atoms with van der Waals surface area (Å²) in [6.45, 7) is 8.20. The van der Waals surface area contributed by atoms with Crippen LogP contribution in [-0.2, 0) is 50.3 Å². The number of esters is 2. The topological polar surface area (TPSA) is 182 Å². The quantitative estimate of drug-likeness (QED) is 0.0209. The van der Waals surface area contributed by atoms with E-state index in [1.165, 1.54) is 67.6 Å². The predicted molar refractivity (Wildman–Crippen MR) is 259 cm³/mol. The van der Waals surface area contributed by atoms with Gasteiger partial charge >= 0.3 is 11.9 Å². The monoisotopic (exact) mass is 954 g/mol. The Hall–Kier alpha value is -2.38. The standard InChI is InChI=1S/C52H92NO12P/c1-8-10-22-28-43(54)34-35-46-45(47(55)38-48(46)56)29-24-20-21-26-32-51(57)61-39-44(40-63-66(59,60)62-37-36-53(5,6)7)64-52(58)33-27-19-17-15-13-12-14-16-18-25-31-50-42(4)41(3)49(65-50)30-23-11-9-2/h34-35,43-46,48,54,56H,8-33,36-40H2,1-7H3/b35-34+/t43-,44+,45+,46+,48+/m0/s1. The average Bonchev–Trinajstić information content (AvgIpc) is 3.68. The Labute approximate surface area is 399 Å². The molecule has 0 radical (unpaired) electrons. The molecular weight excluding hydrogens is 862 g/mol. The van der Waals surface area contributed by atoms with E-state index in [0.717, 1.165) is 83.5 Å². The number of likely N-dealkylation sites (N-methyl/N-ethyl adjacent to an activating group) is 1. The molecule has 1 aromatic rings. The second-order valence-electron chi connectivity index (χ2n) is 19.9. The number of aliphatic hydroxyl groups is 2. The number of ketones is 1. The van der Waals surface area contributed by atoms with E-state index in [1.807, 2.05) is 27.2 Å². The second-order valence-corrected chi connectivity index (χ2v) is 21.3. The number of aryl methyl sites for hydroxylation is 2. The maximum atomic E-state index is 12.8. The molecule has 0 amide bonds. The summed E-state index contributed by atoms with van der Waals surface area (Å²) < 4.78 is 40.3. The van der Waals surface area contributed by atoms with Gasteiger partial charge in [-0.05, 0) is 63.5 Å². The van der Waals surface area contributed by atoms with Gasteiger partial charge in [-0.1, -0.05) is 129 Å². The van der Waals surface area contributed by atoms with Gasteiger partial charge in [-0.2, -0.15) is 0 Å². The zero-order chi connectivity index (χ0) is 48.8. The number of nitrogens with zero attached hydrogens (tertiary/aromatic N) is 1. The van der Waals surface area contributed by atoms with E-state index in [9.17, 15) is 34.1 Å². The first kappa shape index (κ1) is 59.7. The molecule has 14 heteroatoms. The maximum absolute atomic E-state index is 12.8. The van der Waals surface area contributed by atoms with Crippen LogP contribution in [0, 0.1) is 25.7 Å². The summed E-state index contributed by atoms with van der Waals surface area (Å²) >= 11 is 0. The van der Waals surface area contributed by atoms with E-state index >= 15 is 0 Å². The molecule has 0 aliphatic heterocycles. The summed E-state index contributed by atoms with van der Waals surface area (Å²) in [6.07, 6.45) is 25.2. The molecule has 6 atom stereocenters. The normalized spacial score (nSPS) is 18.5. The Morgan fingerprint density at radius 3 is 1.89 bits per heavy atom. The van der Waals surface area contributed by atoms with Gasteiger partial charge in [-0.25, -0.2) is 0 Å². The number of phosphoric acid groups is 1. The first-order valence-electron chi connectivity index (χ1n) is 25.9. The van der Waals surface area contributed by atoms with Gasteiger partial charge in [0, 0.05) is 43.9 Å². The van der Waals surface area contributed by atoms with E-state index in [4.69, 9.17) is 22.9 Å². The van der Waals surface area contributed by atoms with Crippen molar-refractivity contribution < 1.29 is 61.5 Å². The highest BCUT2D eigenvalue weighted by molar-refractivity contribution is 7.45. The van der Waals surface area contributed by atoms with E-state index in [1.54, 1.807) is 6.08 Å². The molecule has 0 saturated heterocycles. The summed E-state index contributed by atoms with van der Waals surface area (Å²) in [7, 11) is 1.02. The van der Waals surface area contributed by atoms with Crippen LogP contribution in [0.2, 0.25) is 0 Å². The minimum atomic E-state index is -4.70.